The molecule has 2 heterocycles. The van der Waals surface area contributed by atoms with Crippen molar-refractivity contribution in [2.45, 2.75) is 24.1 Å². The van der Waals surface area contributed by atoms with Crippen molar-refractivity contribution in [1.29, 1.82) is 0 Å². The SMILES string of the molecule is O=C(CN1C(=O)CS[C@H](c2cccc(Cl)c2)c2c(-c3ccccc3)nn(-c3ccccc3Cl)c21)NC1CC1. The highest BCUT2D eigenvalue weighted by Crippen LogP contribution is 2.49. The lowest BCUT2D eigenvalue weighted by molar-refractivity contribution is -0.123. The van der Waals surface area contributed by atoms with Crippen LogP contribution in [0.15, 0.2) is 78.9 Å². The summed E-state index contributed by atoms with van der Waals surface area (Å²) in [5.74, 6) is 0.382. The first-order valence-electron chi connectivity index (χ1n) is 12.4. The van der Waals surface area contributed by atoms with E-state index in [1.54, 1.807) is 15.6 Å². The van der Waals surface area contributed by atoms with Gasteiger partial charge in [-0.15, -0.1) is 11.8 Å². The fraction of sp³-hybridized carbons (Fsp3) is 0.207. The first-order chi connectivity index (χ1) is 18.5. The molecule has 0 bridgehead atoms. The molecule has 0 radical (unpaired) electrons. The van der Waals surface area contributed by atoms with E-state index in [2.05, 4.69) is 5.32 Å². The Hall–Kier alpha value is -3.26. The molecule has 1 atom stereocenters. The van der Waals surface area contributed by atoms with Gasteiger partial charge in [0.15, 0.2) is 0 Å². The molecule has 6 rings (SSSR count). The fourth-order valence-corrected chi connectivity index (χ4v) is 6.30. The van der Waals surface area contributed by atoms with Crippen LogP contribution < -0.4 is 10.2 Å². The van der Waals surface area contributed by atoms with Crippen LogP contribution in [0.25, 0.3) is 16.9 Å². The molecule has 6 nitrogen and oxygen atoms in total. The summed E-state index contributed by atoms with van der Waals surface area (Å²) in [6, 6.07) is 25.1. The number of anilines is 1. The van der Waals surface area contributed by atoms with Gasteiger partial charge in [0, 0.05) is 22.2 Å². The summed E-state index contributed by atoms with van der Waals surface area (Å²) >= 11 is 14.6. The Labute approximate surface area is 234 Å². The number of nitrogens with one attached hydrogen (secondary N) is 1. The highest BCUT2D eigenvalue weighted by atomic mass is 35.5. The second-order valence-corrected chi connectivity index (χ2v) is 11.3. The van der Waals surface area contributed by atoms with Gasteiger partial charge in [-0.2, -0.15) is 5.10 Å². The molecule has 1 saturated carbocycles. The predicted octanol–water partition coefficient (Wildman–Crippen LogP) is 6.29. The fourth-order valence-electron chi connectivity index (χ4n) is 4.70. The molecule has 0 saturated heterocycles. The molecule has 1 aromatic heterocycles. The van der Waals surface area contributed by atoms with Crippen LogP contribution in [0.2, 0.25) is 10.0 Å². The smallest absolute Gasteiger partial charge is 0.240 e. The van der Waals surface area contributed by atoms with Crippen molar-refractivity contribution >= 4 is 52.6 Å². The van der Waals surface area contributed by atoms with Gasteiger partial charge in [0.05, 0.1) is 27.4 Å². The third-order valence-corrected chi connectivity index (χ3v) is 8.42. The van der Waals surface area contributed by atoms with Crippen LogP contribution in [0.1, 0.15) is 29.2 Å². The number of amides is 2. The van der Waals surface area contributed by atoms with Crippen LogP contribution in [0, 0.1) is 0 Å². The zero-order chi connectivity index (χ0) is 26.2. The van der Waals surface area contributed by atoms with Gasteiger partial charge < -0.3 is 5.32 Å². The number of halogens is 2. The number of benzene rings is 3. The minimum absolute atomic E-state index is 0.102. The van der Waals surface area contributed by atoms with Gasteiger partial charge in [-0.05, 0) is 42.7 Å². The summed E-state index contributed by atoms with van der Waals surface area (Å²) in [4.78, 5) is 28.3. The molecule has 1 N–H and O–H groups in total. The maximum absolute atomic E-state index is 13.7. The van der Waals surface area contributed by atoms with Crippen LogP contribution in [0.3, 0.4) is 0 Å². The molecule has 2 aliphatic rings. The number of rotatable bonds is 6. The van der Waals surface area contributed by atoms with Crippen molar-refractivity contribution in [3.8, 4) is 16.9 Å². The van der Waals surface area contributed by atoms with Crippen molar-refractivity contribution < 1.29 is 9.59 Å². The highest BCUT2D eigenvalue weighted by Gasteiger charge is 2.38. The molecule has 1 aliphatic heterocycles. The van der Waals surface area contributed by atoms with E-state index in [0.717, 1.165) is 35.2 Å². The van der Waals surface area contributed by atoms with E-state index in [1.807, 2.05) is 72.8 Å². The Morgan fingerprint density at radius 3 is 2.50 bits per heavy atom. The average Bonchev–Trinajstić information content (AvgIpc) is 3.67. The number of thioether (sulfide) groups is 1. The van der Waals surface area contributed by atoms with Gasteiger partial charge in [0.2, 0.25) is 11.8 Å². The molecule has 1 aliphatic carbocycles. The Kier molecular flexibility index (Phi) is 6.91. The lowest BCUT2D eigenvalue weighted by Crippen LogP contribution is -2.43. The van der Waals surface area contributed by atoms with Crippen molar-refractivity contribution in [3.05, 3.63) is 100 Å². The molecule has 2 amide bonds. The molecule has 38 heavy (non-hydrogen) atoms. The van der Waals surface area contributed by atoms with Gasteiger partial charge in [-0.25, -0.2) is 4.68 Å². The summed E-state index contributed by atoms with van der Waals surface area (Å²) in [5.41, 5.74) is 4.05. The zero-order valence-corrected chi connectivity index (χ0v) is 22.6. The highest BCUT2D eigenvalue weighted by molar-refractivity contribution is 8.00. The number of aromatic nitrogens is 2. The Bertz CT molecular complexity index is 1520. The van der Waals surface area contributed by atoms with E-state index in [1.165, 1.54) is 11.8 Å². The summed E-state index contributed by atoms with van der Waals surface area (Å²) in [6.07, 6.45) is 1.93. The van der Waals surface area contributed by atoms with Gasteiger partial charge in [-0.1, -0.05) is 77.8 Å². The minimum Gasteiger partial charge on any atom is -0.352 e. The first kappa shape index (κ1) is 25.0. The van der Waals surface area contributed by atoms with Crippen molar-refractivity contribution in [2.75, 3.05) is 17.2 Å². The largest absolute Gasteiger partial charge is 0.352 e. The standard InChI is InChI=1S/C29H24Cl2N4O2S/c30-20-10-6-9-19(15-20)28-26-27(18-7-2-1-3-8-18)33-35(23-12-5-4-11-22(23)31)29(26)34(25(37)17-38-28)16-24(36)32-21-13-14-21/h1-12,15,21,28H,13-14,16-17H2,(H,32,36)/t28-/m1/s1. The van der Waals surface area contributed by atoms with E-state index >= 15 is 0 Å². The number of para-hydroxylation sites is 1. The summed E-state index contributed by atoms with van der Waals surface area (Å²) in [6.45, 7) is -0.102. The van der Waals surface area contributed by atoms with E-state index in [4.69, 9.17) is 28.3 Å². The number of nitrogens with zero attached hydrogens (tertiary/aromatic N) is 3. The average molecular weight is 564 g/mol. The van der Waals surface area contributed by atoms with E-state index in [-0.39, 0.29) is 35.4 Å². The van der Waals surface area contributed by atoms with E-state index in [9.17, 15) is 9.59 Å². The molecule has 0 unspecified atom stereocenters. The zero-order valence-electron chi connectivity index (χ0n) is 20.3. The van der Waals surface area contributed by atoms with Crippen LogP contribution in [-0.4, -0.2) is 39.9 Å². The van der Waals surface area contributed by atoms with Crippen molar-refractivity contribution in [1.82, 2.24) is 15.1 Å². The predicted molar refractivity (Wildman–Crippen MR) is 153 cm³/mol. The quantitative estimate of drug-likeness (QED) is 0.299. The van der Waals surface area contributed by atoms with Crippen molar-refractivity contribution in [2.24, 2.45) is 0 Å². The van der Waals surface area contributed by atoms with Crippen LogP contribution >= 0.6 is 35.0 Å². The molecule has 192 valence electrons. The van der Waals surface area contributed by atoms with E-state index < -0.39 is 0 Å². The maximum atomic E-state index is 13.7. The third kappa shape index (κ3) is 4.94. The Balaban J connectivity index is 1.62. The van der Waals surface area contributed by atoms with Gasteiger partial charge in [0.25, 0.3) is 0 Å². The molecular weight excluding hydrogens is 539 g/mol. The molecule has 4 aromatic rings. The number of carbonyl (C=O) groups excluding carboxylic acids is 2. The van der Waals surface area contributed by atoms with Gasteiger partial charge in [-0.3, -0.25) is 14.5 Å². The summed E-state index contributed by atoms with van der Waals surface area (Å²) in [5, 5.41) is 8.93. The number of carbonyl (C=O) groups is 2. The monoisotopic (exact) mass is 562 g/mol. The third-order valence-electron chi connectivity index (χ3n) is 6.61. The number of hydrogen-bond donors (Lipinski definition) is 1. The second-order valence-electron chi connectivity index (χ2n) is 9.38. The van der Waals surface area contributed by atoms with Gasteiger partial charge in [0.1, 0.15) is 12.4 Å². The second kappa shape index (κ2) is 10.5. The first-order valence-corrected chi connectivity index (χ1v) is 14.2. The molecule has 3 aromatic carbocycles. The van der Waals surface area contributed by atoms with Crippen LogP contribution in [0.4, 0.5) is 5.82 Å². The number of hydrogen-bond acceptors (Lipinski definition) is 4. The molecule has 1 fully saturated rings. The normalized spacial score (nSPS) is 17.2. The Morgan fingerprint density at radius 2 is 1.76 bits per heavy atom. The van der Waals surface area contributed by atoms with Gasteiger partial charge >= 0.3 is 0 Å². The topological polar surface area (TPSA) is 67.2 Å². The maximum Gasteiger partial charge on any atom is 0.240 e. The lowest BCUT2D eigenvalue weighted by Gasteiger charge is -2.23. The van der Waals surface area contributed by atoms with Crippen LogP contribution in [0.5, 0.6) is 0 Å². The Morgan fingerprint density at radius 1 is 1.00 bits per heavy atom. The van der Waals surface area contributed by atoms with Crippen LogP contribution in [-0.2, 0) is 9.59 Å². The minimum atomic E-state index is -0.254. The molecular formula is C29H24Cl2N4O2S. The number of fused-ring (bicyclic) bond motifs is 1. The summed E-state index contributed by atoms with van der Waals surface area (Å²) < 4.78 is 1.71. The van der Waals surface area contributed by atoms with E-state index in [0.29, 0.717) is 21.6 Å². The molecule has 9 heteroatoms. The van der Waals surface area contributed by atoms with Crippen molar-refractivity contribution in [3.63, 3.8) is 0 Å². The molecule has 0 spiro atoms. The summed E-state index contributed by atoms with van der Waals surface area (Å²) in [7, 11) is 0. The lowest BCUT2D eigenvalue weighted by atomic mass is 9.99.